The smallest absolute Gasteiger partial charge is 0.341 e. The van der Waals surface area contributed by atoms with Crippen LogP contribution in [0.15, 0.2) is 60.7 Å². The summed E-state index contributed by atoms with van der Waals surface area (Å²) in [5.41, 5.74) is 2.64. The minimum atomic E-state index is -0.405. The van der Waals surface area contributed by atoms with Crippen molar-refractivity contribution < 1.29 is 19.1 Å². The molecule has 2 aromatic carbocycles. The Morgan fingerprint density at radius 1 is 0.906 bits per heavy atom. The molecule has 0 atom stereocenters. The minimum absolute atomic E-state index is 0.283. The number of anilines is 2. The van der Waals surface area contributed by atoms with Crippen LogP contribution in [0.4, 0.5) is 10.7 Å². The predicted octanol–water partition coefficient (Wildman–Crippen LogP) is 5.50. The molecular weight excluding hydrogens is 444 g/mol. The molecule has 0 aliphatic heterocycles. The first-order valence-electron chi connectivity index (χ1n) is 10.2. The van der Waals surface area contributed by atoms with Crippen LogP contribution < -0.4 is 10.6 Å². The predicted molar refractivity (Wildman–Crippen MR) is 132 cm³/mol. The number of nitrogens with one attached hydrogen (secondary N) is 2. The molecule has 32 heavy (non-hydrogen) atoms. The van der Waals surface area contributed by atoms with Crippen LogP contribution in [0.2, 0.25) is 0 Å². The van der Waals surface area contributed by atoms with E-state index in [0.29, 0.717) is 40.0 Å². The molecule has 1 aromatic heterocycles. The highest BCUT2D eigenvalue weighted by molar-refractivity contribution is 7.80. The number of rotatable bonds is 8. The lowest BCUT2D eigenvalue weighted by molar-refractivity contribution is 0.0517. The van der Waals surface area contributed by atoms with Crippen LogP contribution in [0, 0.1) is 0 Å². The highest BCUT2D eigenvalue weighted by Crippen LogP contribution is 2.31. The molecule has 2 N–H and O–H groups in total. The summed E-state index contributed by atoms with van der Waals surface area (Å²) in [6, 6.07) is 18.7. The third-order valence-electron chi connectivity index (χ3n) is 4.36. The number of ether oxygens (including phenoxy) is 2. The summed E-state index contributed by atoms with van der Waals surface area (Å²) >= 11 is 6.89. The van der Waals surface area contributed by atoms with Gasteiger partial charge in [-0.2, -0.15) is 0 Å². The summed E-state index contributed by atoms with van der Waals surface area (Å²) in [4.78, 5) is 25.4. The van der Waals surface area contributed by atoms with E-state index in [4.69, 9.17) is 21.7 Å². The van der Waals surface area contributed by atoms with E-state index in [1.165, 1.54) is 11.3 Å². The molecule has 8 heteroatoms. The number of thiocarbonyl (C=S) groups is 1. The van der Waals surface area contributed by atoms with Gasteiger partial charge in [0.05, 0.1) is 24.3 Å². The zero-order chi connectivity index (χ0) is 22.9. The Morgan fingerprint density at radius 3 is 2.34 bits per heavy atom. The fourth-order valence-corrected chi connectivity index (χ4v) is 4.35. The van der Waals surface area contributed by atoms with Gasteiger partial charge in [-0.05, 0) is 55.9 Å². The number of esters is 2. The van der Waals surface area contributed by atoms with Gasteiger partial charge in [0.15, 0.2) is 5.11 Å². The van der Waals surface area contributed by atoms with Crippen molar-refractivity contribution in [3.8, 4) is 0 Å². The van der Waals surface area contributed by atoms with Gasteiger partial charge in [-0.25, -0.2) is 9.59 Å². The SMILES string of the molecule is CCOC(=O)c1cccc(NC(=S)Nc2sc(Cc3ccccc3)cc2C(=O)OCC)c1. The number of hydrogen-bond acceptors (Lipinski definition) is 6. The summed E-state index contributed by atoms with van der Waals surface area (Å²) in [6.07, 6.45) is 0.696. The molecule has 0 spiro atoms. The van der Waals surface area contributed by atoms with Gasteiger partial charge in [0.25, 0.3) is 0 Å². The first kappa shape index (κ1) is 23.4. The minimum Gasteiger partial charge on any atom is -0.462 e. The fourth-order valence-electron chi connectivity index (χ4n) is 2.98. The summed E-state index contributed by atoms with van der Waals surface area (Å²) in [5, 5.41) is 7.05. The molecule has 0 radical (unpaired) electrons. The van der Waals surface area contributed by atoms with E-state index < -0.39 is 11.9 Å². The second kappa shape index (κ2) is 11.4. The van der Waals surface area contributed by atoms with Gasteiger partial charge in [-0.3, -0.25) is 0 Å². The molecule has 3 aromatic rings. The maximum atomic E-state index is 12.5. The lowest BCUT2D eigenvalue weighted by Crippen LogP contribution is -2.20. The van der Waals surface area contributed by atoms with E-state index in [0.717, 1.165) is 10.4 Å². The molecule has 0 fully saturated rings. The average molecular weight is 469 g/mol. The van der Waals surface area contributed by atoms with Crippen molar-refractivity contribution in [2.24, 2.45) is 0 Å². The van der Waals surface area contributed by atoms with Crippen LogP contribution in [0.5, 0.6) is 0 Å². The van der Waals surface area contributed by atoms with Crippen molar-refractivity contribution in [1.82, 2.24) is 0 Å². The Kier molecular flexibility index (Phi) is 8.35. The van der Waals surface area contributed by atoms with Crippen molar-refractivity contribution in [3.05, 3.63) is 82.2 Å². The van der Waals surface area contributed by atoms with E-state index >= 15 is 0 Å². The van der Waals surface area contributed by atoms with Gasteiger partial charge in [-0.1, -0.05) is 36.4 Å². The number of hydrogen-bond donors (Lipinski definition) is 2. The zero-order valence-corrected chi connectivity index (χ0v) is 19.5. The van der Waals surface area contributed by atoms with Crippen molar-refractivity contribution >= 4 is 51.3 Å². The molecule has 3 rings (SSSR count). The molecule has 0 aliphatic rings. The lowest BCUT2D eigenvalue weighted by atomic mass is 10.1. The van der Waals surface area contributed by atoms with Gasteiger partial charge in [0, 0.05) is 17.0 Å². The molecule has 0 bridgehead atoms. The molecule has 1 heterocycles. The molecule has 0 aliphatic carbocycles. The fraction of sp³-hybridized carbons (Fsp3) is 0.208. The molecule has 0 saturated heterocycles. The van der Waals surface area contributed by atoms with Crippen LogP contribution in [0.1, 0.15) is 45.0 Å². The Bertz CT molecular complexity index is 1100. The van der Waals surface area contributed by atoms with E-state index in [1.54, 1.807) is 38.1 Å². The summed E-state index contributed by atoms with van der Waals surface area (Å²) in [5.74, 6) is -0.805. The van der Waals surface area contributed by atoms with Gasteiger partial charge >= 0.3 is 11.9 Å². The highest BCUT2D eigenvalue weighted by Gasteiger charge is 2.19. The molecule has 6 nitrogen and oxygen atoms in total. The second-order valence-corrected chi connectivity index (χ2v) is 8.26. The summed E-state index contributed by atoms with van der Waals surface area (Å²) < 4.78 is 10.2. The highest BCUT2D eigenvalue weighted by atomic mass is 32.1. The molecule has 0 unspecified atom stereocenters. The van der Waals surface area contributed by atoms with Gasteiger partial charge < -0.3 is 20.1 Å². The van der Waals surface area contributed by atoms with E-state index in [1.807, 2.05) is 36.4 Å². The van der Waals surface area contributed by atoms with Crippen LogP contribution in [-0.2, 0) is 15.9 Å². The lowest BCUT2D eigenvalue weighted by Gasteiger charge is -2.11. The van der Waals surface area contributed by atoms with Gasteiger partial charge in [0.2, 0.25) is 0 Å². The maximum absolute atomic E-state index is 12.5. The quantitative estimate of drug-likeness (QED) is 0.334. The van der Waals surface area contributed by atoms with Crippen molar-refractivity contribution in [2.75, 3.05) is 23.8 Å². The first-order chi connectivity index (χ1) is 15.5. The van der Waals surface area contributed by atoms with Crippen LogP contribution >= 0.6 is 23.6 Å². The van der Waals surface area contributed by atoms with E-state index in [2.05, 4.69) is 10.6 Å². The Balaban J connectivity index is 1.76. The van der Waals surface area contributed by atoms with Crippen molar-refractivity contribution in [3.63, 3.8) is 0 Å². The van der Waals surface area contributed by atoms with Crippen molar-refractivity contribution in [2.45, 2.75) is 20.3 Å². The summed E-state index contributed by atoms with van der Waals surface area (Å²) in [7, 11) is 0. The average Bonchev–Trinajstić information content (AvgIpc) is 3.17. The largest absolute Gasteiger partial charge is 0.462 e. The number of thiophene rings is 1. The first-order valence-corrected chi connectivity index (χ1v) is 11.4. The third-order valence-corrected chi connectivity index (χ3v) is 5.61. The maximum Gasteiger partial charge on any atom is 0.341 e. The van der Waals surface area contributed by atoms with Gasteiger partial charge in [-0.15, -0.1) is 11.3 Å². The van der Waals surface area contributed by atoms with E-state index in [-0.39, 0.29) is 6.61 Å². The van der Waals surface area contributed by atoms with Gasteiger partial charge in [0.1, 0.15) is 5.00 Å². The molecule has 166 valence electrons. The Hall–Kier alpha value is -3.23. The summed E-state index contributed by atoms with van der Waals surface area (Å²) in [6.45, 7) is 4.11. The zero-order valence-electron chi connectivity index (χ0n) is 17.8. The van der Waals surface area contributed by atoms with Crippen LogP contribution in [0.3, 0.4) is 0 Å². The monoisotopic (exact) mass is 468 g/mol. The number of carbonyl (C=O) groups excluding carboxylic acids is 2. The topological polar surface area (TPSA) is 76.7 Å². The Labute approximate surface area is 196 Å². The third kappa shape index (κ3) is 6.38. The number of benzene rings is 2. The molecular formula is C24H24N2O4S2. The normalized spacial score (nSPS) is 10.3. The molecule has 0 amide bonds. The standard InChI is InChI=1S/C24H24N2O4S2/c1-3-29-22(27)17-11-8-12-18(14-17)25-24(31)26-21-20(23(28)30-4-2)15-19(32-21)13-16-9-6-5-7-10-16/h5-12,14-15H,3-4,13H2,1-2H3,(H2,25,26,31). The Morgan fingerprint density at radius 2 is 1.62 bits per heavy atom. The number of carbonyl (C=O) groups is 2. The van der Waals surface area contributed by atoms with Crippen molar-refractivity contribution in [1.29, 1.82) is 0 Å². The van der Waals surface area contributed by atoms with Crippen LogP contribution in [0.25, 0.3) is 0 Å². The van der Waals surface area contributed by atoms with E-state index in [9.17, 15) is 9.59 Å². The van der Waals surface area contributed by atoms with Crippen LogP contribution in [-0.4, -0.2) is 30.3 Å². The molecule has 0 saturated carbocycles. The second-order valence-electron chi connectivity index (χ2n) is 6.72.